The largest absolute Gasteiger partial charge is 0.349 e. The zero-order chi connectivity index (χ0) is 14.0. The van der Waals surface area contributed by atoms with E-state index in [1.807, 2.05) is 0 Å². The first-order valence-electron chi connectivity index (χ1n) is 4.69. The molecule has 1 atom stereocenters. The van der Waals surface area contributed by atoms with Gasteiger partial charge in [0.2, 0.25) is 5.82 Å². The van der Waals surface area contributed by atoms with Gasteiger partial charge in [-0.05, 0) is 6.92 Å². The van der Waals surface area contributed by atoms with Crippen LogP contribution in [-0.4, -0.2) is 17.3 Å². The molecule has 0 aromatic heterocycles. The summed E-state index contributed by atoms with van der Waals surface area (Å²) in [4.78, 5) is 11.4. The number of amides is 1. The van der Waals surface area contributed by atoms with Crippen LogP contribution < -0.4 is 5.32 Å². The smallest absolute Gasteiger partial charge is 0.257 e. The Labute approximate surface area is 107 Å². The Hall–Kier alpha value is -1.18. The summed E-state index contributed by atoms with van der Waals surface area (Å²) in [5.74, 6) is -12.3. The zero-order valence-corrected chi connectivity index (χ0v) is 10.5. The minimum absolute atomic E-state index is 0.258. The average Bonchev–Trinajstić information content (AvgIpc) is 2.34. The number of nitrogens with one attached hydrogen (secondary N) is 1. The SMILES string of the molecule is CC(CBr)NC(=O)c1c(F)c(F)c(F)c(F)c1F. The molecule has 0 fully saturated rings. The van der Waals surface area contributed by atoms with Crippen molar-refractivity contribution in [1.29, 1.82) is 0 Å². The summed E-state index contributed by atoms with van der Waals surface area (Å²) >= 11 is 2.98. The molecule has 0 aliphatic heterocycles. The molecule has 2 nitrogen and oxygen atoms in total. The van der Waals surface area contributed by atoms with Crippen molar-refractivity contribution in [3.05, 3.63) is 34.6 Å². The number of carbonyl (C=O) groups is 1. The van der Waals surface area contributed by atoms with E-state index in [0.29, 0.717) is 0 Å². The molecule has 18 heavy (non-hydrogen) atoms. The van der Waals surface area contributed by atoms with E-state index in [1.165, 1.54) is 6.92 Å². The Kier molecular flexibility index (Phi) is 4.66. The van der Waals surface area contributed by atoms with Crippen molar-refractivity contribution in [3.63, 3.8) is 0 Å². The number of benzene rings is 1. The molecule has 0 aliphatic carbocycles. The van der Waals surface area contributed by atoms with Gasteiger partial charge >= 0.3 is 0 Å². The van der Waals surface area contributed by atoms with E-state index in [1.54, 1.807) is 0 Å². The van der Waals surface area contributed by atoms with Crippen molar-refractivity contribution in [2.45, 2.75) is 13.0 Å². The molecule has 1 aromatic rings. The normalized spacial score (nSPS) is 12.4. The lowest BCUT2D eigenvalue weighted by Crippen LogP contribution is -2.35. The van der Waals surface area contributed by atoms with Gasteiger partial charge in [0.25, 0.3) is 5.91 Å². The van der Waals surface area contributed by atoms with Crippen molar-refractivity contribution in [2.75, 3.05) is 5.33 Å². The first kappa shape index (κ1) is 14.9. The number of halogens is 6. The van der Waals surface area contributed by atoms with Crippen LogP contribution in [0.2, 0.25) is 0 Å². The maximum absolute atomic E-state index is 13.2. The van der Waals surface area contributed by atoms with E-state index < -0.39 is 46.6 Å². The van der Waals surface area contributed by atoms with E-state index in [0.717, 1.165) is 0 Å². The molecule has 1 unspecified atom stereocenters. The van der Waals surface area contributed by atoms with Gasteiger partial charge in [0, 0.05) is 11.4 Å². The number of hydrogen-bond donors (Lipinski definition) is 1. The van der Waals surface area contributed by atoms with Gasteiger partial charge in [0.15, 0.2) is 23.3 Å². The van der Waals surface area contributed by atoms with Crippen molar-refractivity contribution in [1.82, 2.24) is 5.32 Å². The third kappa shape index (κ3) is 2.63. The minimum Gasteiger partial charge on any atom is -0.349 e. The first-order valence-corrected chi connectivity index (χ1v) is 5.81. The Morgan fingerprint density at radius 1 is 1.06 bits per heavy atom. The van der Waals surface area contributed by atoms with Crippen LogP contribution in [0.4, 0.5) is 22.0 Å². The lowest BCUT2D eigenvalue weighted by Gasteiger charge is -2.12. The van der Waals surface area contributed by atoms with Crippen LogP contribution in [0.3, 0.4) is 0 Å². The summed E-state index contributed by atoms with van der Waals surface area (Å²) in [6, 6.07) is -0.535. The van der Waals surface area contributed by atoms with Crippen LogP contribution >= 0.6 is 15.9 Å². The fraction of sp³-hybridized carbons (Fsp3) is 0.300. The van der Waals surface area contributed by atoms with E-state index in [4.69, 9.17) is 0 Å². The number of carbonyl (C=O) groups excluding carboxylic acids is 1. The monoisotopic (exact) mass is 331 g/mol. The van der Waals surface area contributed by atoms with E-state index in [9.17, 15) is 26.7 Å². The van der Waals surface area contributed by atoms with E-state index >= 15 is 0 Å². The van der Waals surface area contributed by atoms with Crippen LogP contribution in [0, 0.1) is 29.1 Å². The summed E-state index contributed by atoms with van der Waals surface area (Å²) in [5.41, 5.74) is -1.49. The lowest BCUT2D eigenvalue weighted by molar-refractivity contribution is 0.0932. The highest BCUT2D eigenvalue weighted by atomic mass is 79.9. The molecular weight excluding hydrogens is 325 g/mol. The minimum atomic E-state index is -2.30. The second-order valence-corrected chi connectivity index (χ2v) is 4.12. The van der Waals surface area contributed by atoms with Gasteiger partial charge in [0.05, 0.1) is 0 Å². The van der Waals surface area contributed by atoms with Gasteiger partial charge in [-0.1, -0.05) is 15.9 Å². The third-order valence-electron chi connectivity index (χ3n) is 2.05. The lowest BCUT2D eigenvalue weighted by atomic mass is 10.1. The van der Waals surface area contributed by atoms with Crippen LogP contribution in [0.25, 0.3) is 0 Å². The molecule has 8 heteroatoms. The molecule has 0 aliphatic rings. The molecule has 0 bridgehead atoms. The predicted octanol–water partition coefficient (Wildman–Crippen LogP) is 2.90. The molecule has 1 rings (SSSR count). The number of hydrogen-bond acceptors (Lipinski definition) is 1. The van der Waals surface area contributed by atoms with Gasteiger partial charge in [-0.25, -0.2) is 22.0 Å². The number of alkyl halides is 1. The molecule has 1 amide bonds. The summed E-state index contributed by atoms with van der Waals surface area (Å²) in [6.45, 7) is 1.48. The van der Waals surface area contributed by atoms with Crippen molar-refractivity contribution < 1.29 is 26.7 Å². The average molecular weight is 332 g/mol. The molecule has 0 saturated heterocycles. The van der Waals surface area contributed by atoms with Crippen LogP contribution in [0.1, 0.15) is 17.3 Å². The standard InChI is InChI=1S/C10H7BrF5NO/c1-3(2-11)17-10(18)4-5(12)7(14)9(16)8(15)6(4)13/h3H,2H2,1H3,(H,17,18). The molecule has 1 N–H and O–H groups in total. The number of rotatable bonds is 3. The van der Waals surface area contributed by atoms with Crippen molar-refractivity contribution in [2.24, 2.45) is 0 Å². The Balaban J connectivity index is 3.29. The Morgan fingerprint density at radius 2 is 1.44 bits per heavy atom. The van der Waals surface area contributed by atoms with E-state index in [-0.39, 0.29) is 5.33 Å². The fourth-order valence-corrected chi connectivity index (χ4v) is 1.30. The Morgan fingerprint density at radius 3 is 1.83 bits per heavy atom. The third-order valence-corrected chi connectivity index (χ3v) is 3.02. The summed E-state index contributed by atoms with van der Waals surface area (Å²) < 4.78 is 64.8. The van der Waals surface area contributed by atoms with Gasteiger partial charge in [-0.15, -0.1) is 0 Å². The van der Waals surface area contributed by atoms with Crippen molar-refractivity contribution in [3.8, 4) is 0 Å². The van der Waals surface area contributed by atoms with Gasteiger partial charge < -0.3 is 5.32 Å². The molecule has 0 radical (unpaired) electrons. The highest BCUT2D eigenvalue weighted by molar-refractivity contribution is 9.09. The predicted molar refractivity (Wildman–Crippen MR) is 57.0 cm³/mol. The molecule has 0 heterocycles. The summed E-state index contributed by atoms with van der Waals surface area (Å²) in [7, 11) is 0. The Bertz CT molecular complexity index is 465. The summed E-state index contributed by atoms with van der Waals surface area (Å²) in [5, 5.41) is 2.34. The van der Waals surface area contributed by atoms with Gasteiger partial charge in [-0.2, -0.15) is 0 Å². The maximum atomic E-state index is 13.2. The van der Waals surface area contributed by atoms with Crippen LogP contribution in [0.5, 0.6) is 0 Å². The molecular formula is C10H7BrF5NO. The van der Waals surface area contributed by atoms with Gasteiger partial charge in [-0.3, -0.25) is 4.79 Å². The zero-order valence-electron chi connectivity index (χ0n) is 8.96. The molecule has 0 spiro atoms. The second kappa shape index (κ2) is 5.64. The van der Waals surface area contributed by atoms with Gasteiger partial charge in [0.1, 0.15) is 5.56 Å². The van der Waals surface area contributed by atoms with Crippen molar-refractivity contribution >= 4 is 21.8 Å². The quantitative estimate of drug-likeness (QED) is 0.392. The maximum Gasteiger partial charge on any atom is 0.257 e. The second-order valence-electron chi connectivity index (χ2n) is 3.47. The fourth-order valence-electron chi connectivity index (χ4n) is 1.14. The van der Waals surface area contributed by atoms with Crippen LogP contribution in [-0.2, 0) is 0 Å². The molecule has 0 saturated carbocycles. The highest BCUT2D eigenvalue weighted by Gasteiger charge is 2.29. The van der Waals surface area contributed by atoms with E-state index in [2.05, 4.69) is 21.2 Å². The summed E-state index contributed by atoms with van der Waals surface area (Å²) in [6.07, 6.45) is 0. The molecule has 100 valence electrons. The van der Waals surface area contributed by atoms with Crippen LogP contribution in [0.15, 0.2) is 0 Å². The highest BCUT2D eigenvalue weighted by Crippen LogP contribution is 2.22. The molecule has 1 aromatic carbocycles. The topological polar surface area (TPSA) is 29.1 Å². The first-order chi connectivity index (χ1) is 8.31.